The highest BCUT2D eigenvalue weighted by atomic mass is 35.5. The second-order valence-corrected chi connectivity index (χ2v) is 8.10. The number of hydrogen-bond acceptors (Lipinski definition) is 6. The SMILES string of the molecule is O=C(NCCc1ccncc1)c1coc(CN2Cc3ccccc3Oc3ccc(Cl)cc32)n1. The molecule has 0 atom stereocenters. The van der Waals surface area contributed by atoms with Crippen LogP contribution in [0.2, 0.25) is 5.02 Å². The summed E-state index contributed by atoms with van der Waals surface area (Å²) in [5, 5.41) is 3.48. The number of hydrogen-bond donors (Lipinski definition) is 1. The lowest BCUT2D eigenvalue weighted by Gasteiger charge is -2.22. The highest BCUT2D eigenvalue weighted by Crippen LogP contribution is 2.40. The number of para-hydroxylation sites is 1. The molecule has 0 aliphatic carbocycles. The second kappa shape index (κ2) is 9.34. The molecule has 33 heavy (non-hydrogen) atoms. The number of aromatic nitrogens is 2. The fraction of sp³-hybridized carbons (Fsp3) is 0.160. The number of benzene rings is 2. The third kappa shape index (κ3) is 4.83. The van der Waals surface area contributed by atoms with Gasteiger partial charge in [-0.1, -0.05) is 29.8 Å². The Morgan fingerprint density at radius 1 is 1.09 bits per heavy atom. The first-order valence-electron chi connectivity index (χ1n) is 10.6. The van der Waals surface area contributed by atoms with Gasteiger partial charge in [0.2, 0.25) is 5.89 Å². The van der Waals surface area contributed by atoms with Crippen LogP contribution in [0, 0.1) is 0 Å². The average molecular weight is 461 g/mol. The number of ether oxygens (including phenoxy) is 1. The fourth-order valence-corrected chi connectivity index (χ4v) is 3.89. The molecule has 1 N–H and O–H groups in total. The molecule has 1 aliphatic heterocycles. The molecule has 0 spiro atoms. The molecular weight excluding hydrogens is 440 g/mol. The van der Waals surface area contributed by atoms with Crippen molar-refractivity contribution in [3.05, 3.63) is 101 Å². The van der Waals surface area contributed by atoms with Gasteiger partial charge in [-0.15, -0.1) is 0 Å². The van der Waals surface area contributed by atoms with Crippen molar-refractivity contribution in [2.45, 2.75) is 19.5 Å². The summed E-state index contributed by atoms with van der Waals surface area (Å²) < 4.78 is 11.8. The molecule has 166 valence electrons. The number of rotatable bonds is 6. The van der Waals surface area contributed by atoms with Gasteiger partial charge in [-0.25, -0.2) is 4.98 Å². The maximum absolute atomic E-state index is 12.5. The van der Waals surface area contributed by atoms with Crippen molar-refractivity contribution in [3.63, 3.8) is 0 Å². The molecule has 0 saturated heterocycles. The van der Waals surface area contributed by atoms with E-state index in [1.54, 1.807) is 18.5 Å². The molecule has 3 heterocycles. The van der Waals surface area contributed by atoms with Crippen LogP contribution in [0.1, 0.15) is 27.5 Å². The Hall–Kier alpha value is -3.84. The Morgan fingerprint density at radius 2 is 1.94 bits per heavy atom. The van der Waals surface area contributed by atoms with Crippen LogP contribution in [0.25, 0.3) is 0 Å². The Kier molecular flexibility index (Phi) is 5.95. The van der Waals surface area contributed by atoms with Crippen LogP contribution in [-0.4, -0.2) is 22.4 Å². The van der Waals surface area contributed by atoms with E-state index in [2.05, 4.69) is 20.2 Å². The van der Waals surface area contributed by atoms with Gasteiger partial charge in [0.15, 0.2) is 11.4 Å². The van der Waals surface area contributed by atoms with Crippen LogP contribution in [0.15, 0.2) is 77.7 Å². The zero-order chi connectivity index (χ0) is 22.6. The minimum atomic E-state index is -0.271. The van der Waals surface area contributed by atoms with Crippen molar-refractivity contribution in [1.29, 1.82) is 0 Å². The standard InChI is InChI=1S/C25H21ClN4O3/c26-19-5-6-23-21(13-19)30(14-18-3-1-2-4-22(18)33-23)15-24-29-20(16-32-24)25(31)28-12-9-17-7-10-27-11-8-17/h1-8,10-11,13,16H,9,12,14-15H2,(H,28,31). The van der Waals surface area contributed by atoms with Crippen LogP contribution in [0.3, 0.4) is 0 Å². The van der Waals surface area contributed by atoms with Gasteiger partial charge in [0.1, 0.15) is 12.0 Å². The van der Waals surface area contributed by atoms with E-state index in [4.69, 9.17) is 20.8 Å². The van der Waals surface area contributed by atoms with Crippen LogP contribution < -0.4 is 15.0 Å². The van der Waals surface area contributed by atoms with Crippen molar-refractivity contribution < 1.29 is 13.9 Å². The van der Waals surface area contributed by atoms with Gasteiger partial charge in [-0.05, 0) is 48.4 Å². The molecule has 0 saturated carbocycles. The molecule has 7 nitrogen and oxygen atoms in total. The predicted octanol–water partition coefficient (Wildman–Crippen LogP) is 5.01. The Bertz CT molecular complexity index is 1280. The molecule has 0 radical (unpaired) electrons. The van der Waals surface area contributed by atoms with Crippen molar-refractivity contribution in [3.8, 4) is 11.5 Å². The topological polar surface area (TPSA) is 80.5 Å². The molecule has 4 aromatic rings. The highest BCUT2D eigenvalue weighted by molar-refractivity contribution is 6.31. The molecule has 0 bridgehead atoms. The normalized spacial score (nSPS) is 12.3. The summed E-state index contributed by atoms with van der Waals surface area (Å²) in [5.41, 5.74) is 3.22. The third-order valence-corrected chi connectivity index (χ3v) is 5.61. The van der Waals surface area contributed by atoms with Crippen molar-refractivity contribution in [2.24, 2.45) is 0 Å². The van der Waals surface area contributed by atoms with Crippen molar-refractivity contribution in [1.82, 2.24) is 15.3 Å². The van der Waals surface area contributed by atoms with E-state index in [1.807, 2.05) is 48.5 Å². The molecule has 2 aromatic carbocycles. The lowest BCUT2D eigenvalue weighted by atomic mass is 10.2. The van der Waals surface area contributed by atoms with E-state index >= 15 is 0 Å². The Morgan fingerprint density at radius 3 is 2.82 bits per heavy atom. The van der Waals surface area contributed by atoms with Gasteiger partial charge in [-0.3, -0.25) is 9.78 Å². The molecule has 1 amide bonds. The first-order valence-corrected chi connectivity index (χ1v) is 11.0. The average Bonchev–Trinajstić information content (AvgIpc) is 3.24. The molecule has 2 aromatic heterocycles. The van der Waals surface area contributed by atoms with Crippen molar-refractivity contribution in [2.75, 3.05) is 11.4 Å². The van der Waals surface area contributed by atoms with E-state index in [0.717, 1.165) is 22.6 Å². The number of carbonyl (C=O) groups is 1. The highest BCUT2D eigenvalue weighted by Gasteiger charge is 2.23. The summed E-state index contributed by atoms with van der Waals surface area (Å²) in [6.07, 6.45) is 5.57. The summed E-state index contributed by atoms with van der Waals surface area (Å²) in [6, 6.07) is 17.2. The lowest BCUT2D eigenvalue weighted by molar-refractivity contribution is 0.0949. The van der Waals surface area contributed by atoms with Crippen LogP contribution in [0.5, 0.6) is 11.5 Å². The smallest absolute Gasteiger partial charge is 0.273 e. The van der Waals surface area contributed by atoms with Crippen LogP contribution >= 0.6 is 11.6 Å². The number of pyridine rings is 1. The summed E-state index contributed by atoms with van der Waals surface area (Å²) in [7, 11) is 0. The van der Waals surface area contributed by atoms with E-state index in [1.165, 1.54) is 6.26 Å². The van der Waals surface area contributed by atoms with Gasteiger partial charge >= 0.3 is 0 Å². The van der Waals surface area contributed by atoms with E-state index in [-0.39, 0.29) is 11.6 Å². The Balaban J connectivity index is 1.30. The maximum Gasteiger partial charge on any atom is 0.273 e. The van der Waals surface area contributed by atoms with Gasteiger partial charge in [-0.2, -0.15) is 0 Å². The third-order valence-electron chi connectivity index (χ3n) is 5.37. The predicted molar refractivity (Wildman–Crippen MR) is 125 cm³/mol. The molecule has 0 fully saturated rings. The minimum absolute atomic E-state index is 0.248. The van der Waals surface area contributed by atoms with Crippen LogP contribution in [0.4, 0.5) is 5.69 Å². The fourth-order valence-electron chi connectivity index (χ4n) is 3.72. The summed E-state index contributed by atoms with van der Waals surface area (Å²) in [4.78, 5) is 23.0. The Labute approximate surface area is 196 Å². The first kappa shape index (κ1) is 21.0. The number of anilines is 1. The first-order chi connectivity index (χ1) is 16.2. The minimum Gasteiger partial charge on any atom is -0.455 e. The lowest BCUT2D eigenvalue weighted by Crippen LogP contribution is -2.26. The van der Waals surface area contributed by atoms with E-state index < -0.39 is 0 Å². The van der Waals surface area contributed by atoms with Gasteiger partial charge in [0.25, 0.3) is 5.91 Å². The molecule has 0 unspecified atom stereocenters. The van der Waals surface area contributed by atoms with Gasteiger partial charge in [0.05, 0.1) is 12.2 Å². The van der Waals surface area contributed by atoms with Gasteiger partial charge < -0.3 is 19.4 Å². The largest absolute Gasteiger partial charge is 0.455 e. The number of carbonyl (C=O) groups excluding carboxylic acids is 1. The van der Waals surface area contributed by atoms with Gasteiger partial charge in [0, 0.05) is 36.1 Å². The van der Waals surface area contributed by atoms with Crippen LogP contribution in [-0.2, 0) is 19.5 Å². The number of nitrogens with one attached hydrogen (secondary N) is 1. The molecule has 8 heteroatoms. The summed E-state index contributed by atoms with van der Waals surface area (Å²) in [5.74, 6) is 1.65. The molecule has 1 aliphatic rings. The van der Waals surface area contributed by atoms with E-state index in [0.29, 0.717) is 42.7 Å². The summed E-state index contributed by atoms with van der Waals surface area (Å²) in [6.45, 7) is 1.44. The van der Waals surface area contributed by atoms with Crippen molar-refractivity contribution >= 4 is 23.2 Å². The zero-order valence-electron chi connectivity index (χ0n) is 17.7. The zero-order valence-corrected chi connectivity index (χ0v) is 18.5. The monoisotopic (exact) mass is 460 g/mol. The number of oxazole rings is 1. The molecule has 5 rings (SSSR count). The number of nitrogens with zero attached hydrogens (tertiary/aromatic N) is 3. The number of fused-ring (bicyclic) bond motifs is 2. The van der Waals surface area contributed by atoms with E-state index in [9.17, 15) is 4.79 Å². The molecular formula is C25H21ClN4O3. The maximum atomic E-state index is 12.5. The number of amides is 1. The summed E-state index contributed by atoms with van der Waals surface area (Å²) >= 11 is 6.27. The number of halogens is 1. The second-order valence-electron chi connectivity index (χ2n) is 7.67. The quantitative estimate of drug-likeness (QED) is 0.435.